The van der Waals surface area contributed by atoms with Crippen molar-refractivity contribution in [2.24, 2.45) is 0 Å². The summed E-state index contributed by atoms with van der Waals surface area (Å²) < 4.78 is 6.09. The molecule has 4 heteroatoms. The number of halogens is 1. The van der Waals surface area contributed by atoms with E-state index in [1.807, 2.05) is 30.0 Å². The largest absolute Gasteiger partial charge is 0.378 e. The molecule has 1 amide bonds. The molecule has 0 radical (unpaired) electrons. The number of rotatable bonds is 1. The van der Waals surface area contributed by atoms with Crippen molar-refractivity contribution in [2.75, 3.05) is 26.3 Å². The predicted octanol–water partition coefficient (Wildman–Crippen LogP) is 2.23. The molecule has 0 aliphatic carbocycles. The highest BCUT2D eigenvalue weighted by molar-refractivity contribution is 9.10. The van der Waals surface area contributed by atoms with Gasteiger partial charge in [-0.2, -0.15) is 0 Å². The Kier molecular flexibility index (Phi) is 3.61. The summed E-state index contributed by atoms with van der Waals surface area (Å²) in [5.74, 6) is 0.0823. The van der Waals surface area contributed by atoms with Gasteiger partial charge in [-0.25, -0.2) is 0 Å². The van der Waals surface area contributed by atoms with E-state index >= 15 is 0 Å². The number of amides is 1. The summed E-state index contributed by atoms with van der Waals surface area (Å²) in [7, 11) is 0. The van der Waals surface area contributed by atoms with Crippen LogP contribution in [0.4, 0.5) is 0 Å². The summed E-state index contributed by atoms with van der Waals surface area (Å²) in [5, 5.41) is 0. The van der Waals surface area contributed by atoms with Crippen LogP contribution in [0, 0.1) is 6.92 Å². The Morgan fingerprint density at radius 3 is 2.75 bits per heavy atom. The van der Waals surface area contributed by atoms with Crippen LogP contribution < -0.4 is 0 Å². The SMILES string of the molecule is Cc1ccc(Br)c(C(=O)N2CCOCC2)c1. The van der Waals surface area contributed by atoms with Crippen LogP contribution in [0.5, 0.6) is 0 Å². The summed E-state index contributed by atoms with van der Waals surface area (Å²) in [4.78, 5) is 14.0. The molecular formula is C12H14BrNO2. The number of carbonyl (C=O) groups excluding carboxylic acids is 1. The van der Waals surface area contributed by atoms with Gasteiger partial charge in [-0.15, -0.1) is 0 Å². The number of morpholine rings is 1. The van der Waals surface area contributed by atoms with E-state index < -0.39 is 0 Å². The number of nitrogens with zero attached hydrogens (tertiary/aromatic N) is 1. The maximum Gasteiger partial charge on any atom is 0.255 e. The Balaban J connectivity index is 2.22. The Hall–Kier alpha value is -0.870. The first-order valence-electron chi connectivity index (χ1n) is 5.31. The fourth-order valence-electron chi connectivity index (χ4n) is 1.74. The normalized spacial score (nSPS) is 16.2. The second kappa shape index (κ2) is 4.97. The summed E-state index contributed by atoms with van der Waals surface area (Å²) in [5.41, 5.74) is 1.83. The van der Waals surface area contributed by atoms with Crippen LogP contribution in [0.15, 0.2) is 22.7 Å². The van der Waals surface area contributed by atoms with Crippen molar-refractivity contribution in [3.63, 3.8) is 0 Å². The molecule has 2 rings (SSSR count). The molecule has 0 spiro atoms. The lowest BCUT2D eigenvalue weighted by Gasteiger charge is -2.27. The highest BCUT2D eigenvalue weighted by Gasteiger charge is 2.20. The van der Waals surface area contributed by atoms with Crippen molar-refractivity contribution < 1.29 is 9.53 Å². The van der Waals surface area contributed by atoms with E-state index in [0.717, 1.165) is 15.6 Å². The van der Waals surface area contributed by atoms with E-state index in [-0.39, 0.29) is 5.91 Å². The van der Waals surface area contributed by atoms with Crippen molar-refractivity contribution >= 4 is 21.8 Å². The monoisotopic (exact) mass is 283 g/mol. The quantitative estimate of drug-likeness (QED) is 0.791. The van der Waals surface area contributed by atoms with Crippen molar-refractivity contribution in [3.8, 4) is 0 Å². The fourth-order valence-corrected chi connectivity index (χ4v) is 2.16. The lowest BCUT2D eigenvalue weighted by Crippen LogP contribution is -2.40. The molecule has 86 valence electrons. The van der Waals surface area contributed by atoms with Crippen LogP contribution in [-0.2, 0) is 4.74 Å². The van der Waals surface area contributed by atoms with Gasteiger partial charge in [-0.05, 0) is 35.0 Å². The molecule has 1 heterocycles. The van der Waals surface area contributed by atoms with E-state index in [2.05, 4.69) is 15.9 Å². The predicted molar refractivity (Wildman–Crippen MR) is 65.6 cm³/mol. The lowest BCUT2D eigenvalue weighted by atomic mass is 10.1. The Labute approximate surface area is 104 Å². The molecule has 0 saturated carbocycles. The number of aryl methyl sites for hydroxylation is 1. The number of hydrogen-bond acceptors (Lipinski definition) is 2. The standard InChI is InChI=1S/C12H14BrNO2/c1-9-2-3-11(13)10(8-9)12(15)14-4-6-16-7-5-14/h2-3,8H,4-7H2,1H3. The molecule has 1 aromatic rings. The Bertz CT molecular complexity index is 400. The van der Waals surface area contributed by atoms with Gasteiger partial charge >= 0.3 is 0 Å². The van der Waals surface area contributed by atoms with Crippen LogP contribution in [0.25, 0.3) is 0 Å². The van der Waals surface area contributed by atoms with E-state index in [1.165, 1.54) is 0 Å². The molecule has 0 atom stereocenters. The van der Waals surface area contributed by atoms with Gasteiger partial charge < -0.3 is 9.64 Å². The van der Waals surface area contributed by atoms with E-state index in [4.69, 9.17) is 4.74 Å². The maximum absolute atomic E-state index is 12.2. The van der Waals surface area contributed by atoms with Gasteiger partial charge in [0.25, 0.3) is 5.91 Å². The Morgan fingerprint density at radius 2 is 2.06 bits per heavy atom. The topological polar surface area (TPSA) is 29.5 Å². The van der Waals surface area contributed by atoms with Gasteiger partial charge in [-0.3, -0.25) is 4.79 Å². The molecule has 1 saturated heterocycles. The highest BCUT2D eigenvalue weighted by Crippen LogP contribution is 2.20. The third-order valence-electron chi connectivity index (χ3n) is 2.65. The molecule has 16 heavy (non-hydrogen) atoms. The number of ether oxygens (including phenoxy) is 1. The molecule has 1 aliphatic rings. The lowest BCUT2D eigenvalue weighted by molar-refractivity contribution is 0.0302. The van der Waals surface area contributed by atoms with Gasteiger partial charge in [0.1, 0.15) is 0 Å². The van der Waals surface area contributed by atoms with Crippen molar-refractivity contribution in [3.05, 3.63) is 33.8 Å². The number of carbonyl (C=O) groups is 1. The van der Waals surface area contributed by atoms with Gasteiger partial charge in [0.15, 0.2) is 0 Å². The third kappa shape index (κ3) is 2.44. The van der Waals surface area contributed by atoms with E-state index in [9.17, 15) is 4.79 Å². The van der Waals surface area contributed by atoms with Crippen LogP contribution in [0.1, 0.15) is 15.9 Å². The minimum Gasteiger partial charge on any atom is -0.378 e. The first-order chi connectivity index (χ1) is 7.68. The van der Waals surface area contributed by atoms with Gasteiger partial charge in [0, 0.05) is 17.6 Å². The molecule has 1 aliphatic heterocycles. The van der Waals surface area contributed by atoms with E-state index in [1.54, 1.807) is 0 Å². The average molecular weight is 284 g/mol. The smallest absolute Gasteiger partial charge is 0.255 e. The average Bonchev–Trinajstić information content (AvgIpc) is 2.32. The minimum absolute atomic E-state index is 0.0823. The highest BCUT2D eigenvalue weighted by atomic mass is 79.9. The zero-order valence-electron chi connectivity index (χ0n) is 9.20. The zero-order chi connectivity index (χ0) is 11.5. The van der Waals surface area contributed by atoms with Crippen LogP contribution >= 0.6 is 15.9 Å². The Morgan fingerprint density at radius 1 is 1.38 bits per heavy atom. The molecular weight excluding hydrogens is 270 g/mol. The molecule has 0 bridgehead atoms. The molecule has 0 unspecified atom stereocenters. The van der Waals surface area contributed by atoms with Gasteiger partial charge in [-0.1, -0.05) is 11.6 Å². The van der Waals surface area contributed by atoms with Crippen LogP contribution in [-0.4, -0.2) is 37.1 Å². The van der Waals surface area contributed by atoms with Crippen molar-refractivity contribution in [1.82, 2.24) is 4.90 Å². The first kappa shape index (κ1) is 11.6. The van der Waals surface area contributed by atoms with Crippen LogP contribution in [0.2, 0.25) is 0 Å². The molecule has 1 fully saturated rings. The summed E-state index contributed by atoms with van der Waals surface area (Å²) in [6, 6.07) is 5.82. The fraction of sp³-hybridized carbons (Fsp3) is 0.417. The zero-order valence-corrected chi connectivity index (χ0v) is 10.8. The van der Waals surface area contributed by atoms with Crippen molar-refractivity contribution in [2.45, 2.75) is 6.92 Å². The molecule has 0 aromatic heterocycles. The van der Waals surface area contributed by atoms with Gasteiger partial charge in [0.05, 0.1) is 18.8 Å². The molecule has 3 nitrogen and oxygen atoms in total. The summed E-state index contributed by atoms with van der Waals surface area (Å²) >= 11 is 3.42. The third-order valence-corrected chi connectivity index (χ3v) is 3.34. The summed E-state index contributed by atoms with van der Waals surface area (Å²) in [6.45, 7) is 4.62. The second-order valence-corrected chi connectivity index (χ2v) is 4.74. The van der Waals surface area contributed by atoms with Gasteiger partial charge in [0.2, 0.25) is 0 Å². The number of benzene rings is 1. The van der Waals surface area contributed by atoms with Crippen LogP contribution in [0.3, 0.4) is 0 Å². The number of hydrogen-bond donors (Lipinski definition) is 0. The molecule has 0 N–H and O–H groups in total. The molecule has 1 aromatic carbocycles. The maximum atomic E-state index is 12.2. The van der Waals surface area contributed by atoms with Crippen molar-refractivity contribution in [1.29, 1.82) is 0 Å². The summed E-state index contributed by atoms with van der Waals surface area (Å²) in [6.07, 6.45) is 0. The first-order valence-corrected chi connectivity index (χ1v) is 6.11. The minimum atomic E-state index is 0.0823. The second-order valence-electron chi connectivity index (χ2n) is 3.89. The van der Waals surface area contributed by atoms with E-state index in [0.29, 0.717) is 26.3 Å².